The first-order chi connectivity index (χ1) is 14.7. The molecule has 31 heavy (non-hydrogen) atoms. The Morgan fingerprint density at radius 3 is 2.42 bits per heavy atom. The molecule has 0 saturated heterocycles. The largest absolute Gasteiger partial charge is 0.480 e. The second-order valence-corrected chi connectivity index (χ2v) is 8.19. The van der Waals surface area contributed by atoms with Gasteiger partial charge in [0.2, 0.25) is 5.91 Å². The number of aryl methyl sites for hydroxylation is 3. The van der Waals surface area contributed by atoms with Gasteiger partial charge in [-0.1, -0.05) is 41.4 Å². The molecule has 1 aromatic heterocycles. The van der Waals surface area contributed by atoms with Crippen LogP contribution in [0, 0.1) is 20.8 Å². The molecule has 0 spiro atoms. The molecule has 0 aliphatic heterocycles. The molecular weight excluding hydrogens is 437 g/mol. The number of halogens is 2. The van der Waals surface area contributed by atoms with Gasteiger partial charge in [-0.2, -0.15) is 0 Å². The van der Waals surface area contributed by atoms with Gasteiger partial charge < -0.3 is 15.0 Å². The van der Waals surface area contributed by atoms with E-state index in [0.717, 1.165) is 22.5 Å². The Labute approximate surface area is 191 Å². The highest BCUT2D eigenvalue weighted by Gasteiger charge is 2.18. The minimum atomic E-state index is -0.372. The second-order valence-electron chi connectivity index (χ2n) is 7.37. The fourth-order valence-corrected chi connectivity index (χ4v) is 3.74. The first kappa shape index (κ1) is 22.8. The number of rotatable bonds is 6. The molecule has 1 heterocycles. The third kappa shape index (κ3) is 5.27. The summed E-state index contributed by atoms with van der Waals surface area (Å²) in [4.78, 5) is 30.7. The van der Waals surface area contributed by atoms with Gasteiger partial charge in [-0.3, -0.25) is 9.59 Å². The lowest BCUT2D eigenvalue weighted by molar-refractivity contribution is -0.135. The minimum Gasteiger partial charge on any atom is -0.480 e. The van der Waals surface area contributed by atoms with Crippen molar-refractivity contribution in [3.63, 3.8) is 0 Å². The van der Waals surface area contributed by atoms with Gasteiger partial charge in [0.1, 0.15) is 5.52 Å². The molecule has 162 valence electrons. The Bertz CT molecular complexity index is 1140. The number of hydrogen-bond acceptors (Lipinski definition) is 4. The van der Waals surface area contributed by atoms with Crippen molar-refractivity contribution in [1.29, 1.82) is 0 Å². The number of nitrogens with zero attached hydrogens (tertiary/aromatic N) is 2. The molecule has 1 N–H and O–H groups in total. The highest BCUT2D eigenvalue weighted by Crippen LogP contribution is 2.37. The third-order valence-corrected chi connectivity index (χ3v) is 5.46. The van der Waals surface area contributed by atoms with E-state index in [4.69, 9.17) is 27.9 Å². The summed E-state index contributed by atoms with van der Waals surface area (Å²) in [6, 6.07) is 11.0. The average Bonchev–Trinajstić information content (AvgIpc) is 2.70. The van der Waals surface area contributed by atoms with Gasteiger partial charge in [0.15, 0.2) is 12.4 Å². The fraction of sp³-hybridized carbons (Fsp3) is 0.261. The van der Waals surface area contributed by atoms with E-state index in [1.165, 1.54) is 4.90 Å². The lowest BCUT2D eigenvalue weighted by Gasteiger charge is -2.19. The number of benzene rings is 2. The topological polar surface area (TPSA) is 71.5 Å². The highest BCUT2D eigenvalue weighted by atomic mass is 35.5. The summed E-state index contributed by atoms with van der Waals surface area (Å²) < 4.78 is 5.71. The monoisotopic (exact) mass is 459 g/mol. The number of para-hydroxylation sites is 1. The van der Waals surface area contributed by atoms with Gasteiger partial charge in [0.25, 0.3) is 5.91 Å². The number of carbonyl (C=O) groups is 2. The molecule has 2 aromatic carbocycles. The molecule has 2 amide bonds. The molecule has 0 unspecified atom stereocenters. The van der Waals surface area contributed by atoms with Crippen molar-refractivity contribution in [2.45, 2.75) is 20.8 Å². The Morgan fingerprint density at radius 2 is 1.74 bits per heavy atom. The van der Waals surface area contributed by atoms with E-state index in [1.807, 2.05) is 51.1 Å². The minimum absolute atomic E-state index is 0.109. The van der Waals surface area contributed by atoms with Crippen molar-refractivity contribution in [2.24, 2.45) is 0 Å². The molecule has 3 aromatic rings. The van der Waals surface area contributed by atoms with E-state index in [-0.39, 0.29) is 35.7 Å². The molecular formula is C23H23Cl2N3O3. The molecule has 0 aliphatic rings. The van der Waals surface area contributed by atoms with Crippen LogP contribution in [0.1, 0.15) is 16.8 Å². The van der Waals surface area contributed by atoms with Crippen LogP contribution in [-0.4, -0.2) is 41.9 Å². The number of hydrogen-bond donors (Lipinski definition) is 1. The normalized spacial score (nSPS) is 10.8. The molecule has 0 saturated carbocycles. The van der Waals surface area contributed by atoms with Crippen molar-refractivity contribution in [2.75, 3.05) is 25.5 Å². The quantitative estimate of drug-likeness (QED) is 0.566. The van der Waals surface area contributed by atoms with E-state index in [2.05, 4.69) is 10.3 Å². The Morgan fingerprint density at radius 1 is 1.06 bits per heavy atom. The maximum absolute atomic E-state index is 12.6. The highest BCUT2D eigenvalue weighted by molar-refractivity contribution is 6.39. The number of aromatic nitrogens is 1. The average molecular weight is 460 g/mol. The number of anilines is 1. The van der Waals surface area contributed by atoms with Crippen LogP contribution in [0.5, 0.6) is 5.75 Å². The summed E-state index contributed by atoms with van der Waals surface area (Å²) in [6.45, 7) is 5.27. The summed E-state index contributed by atoms with van der Waals surface area (Å²) in [5.74, 6) is -0.379. The molecule has 0 aliphatic carbocycles. The van der Waals surface area contributed by atoms with Gasteiger partial charge >= 0.3 is 0 Å². The number of ether oxygens (including phenoxy) is 1. The van der Waals surface area contributed by atoms with Crippen molar-refractivity contribution < 1.29 is 14.3 Å². The molecule has 0 fully saturated rings. The molecule has 0 bridgehead atoms. The summed E-state index contributed by atoms with van der Waals surface area (Å²) in [5, 5.41) is 4.26. The van der Waals surface area contributed by atoms with Crippen LogP contribution in [0.15, 0.2) is 36.4 Å². The van der Waals surface area contributed by atoms with Crippen LogP contribution in [0.3, 0.4) is 0 Å². The van der Waals surface area contributed by atoms with E-state index < -0.39 is 0 Å². The van der Waals surface area contributed by atoms with Gasteiger partial charge in [-0.25, -0.2) is 4.98 Å². The first-order valence-corrected chi connectivity index (χ1v) is 10.4. The van der Waals surface area contributed by atoms with E-state index in [0.29, 0.717) is 15.9 Å². The smallest absolute Gasteiger partial charge is 0.260 e. The SMILES string of the molecule is Cc1ccc2c(Cl)cc(Cl)c(OCC(=O)N(C)CC(=O)Nc3c(C)cccc3C)c2n1. The predicted molar refractivity (Wildman–Crippen MR) is 124 cm³/mol. The summed E-state index contributed by atoms with van der Waals surface area (Å²) in [7, 11) is 1.54. The Hall–Kier alpha value is -2.83. The number of fused-ring (bicyclic) bond motifs is 1. The van der Waals surface area contributed by atoms with E-state index in [1.54, 1.807) is 13.1 Å². The second kappa shape index (κ2) is 9.54. The van der Waals surface area contributed by atoms with Crippen molar-refractivity contribution in [1.82, 2.24) is 9.88 Å². The van der Waals surface area contributed by atoms with Gasteiger partial charge in [0.05, 0.1) is 16.6 Å². The fourth-order valence-electron chi connectivity index (χ4n) is 3.17. The maximum atomic E-state index is 12.6. The summed E-state index contributed by atoms with van der Waals surface area (Å²) in [6.07, 6.45) is 0. The number of amides is 2. The lowest BCUT2D eigenvalue weighted by Crippen LogP contribution is -2.37. The number of likely N-dealkylation sites (N-methyl/N-ethyl adjacent to an activating group) is 1. The molecule has 0 radical (unpaired) electrons. The standard InChI is InChI=1S/C23H23Cl2N3O3/c1-13-6-5-7-14(2)21(13)27-19(29)11-28(4)20(30)12-31-23-18(25)10-17(24)16-9-8-15(3)26-22(16)23/h5-10H,11-12H2,1-4H3,(H,27,29). The lowest BCUT2D eigenvalue weighted by atomic mass is 10.1. The molecule has 8 heteroatoms. The van der Waals surface area contributed by atoms with Crippen LogP contribution in [0.25, 0.3) is 10.9 Å². The Balaban J connectivity index is 1.67. The zero-order chi connectivity index (χ0) is 22.7. The zero-order valence-electron chi connectivity index (χ0n) is 17.8. The van der Waals surface area contributed by atoms with Crippen LogP contribution < -0.4 is 10.1 Å². The first-order valence-electron chi connectivity index (χ1n) is 9.65. The number of carbonyl (C=O) groups excluding carboxylic acids is 2. The van der Waals surface area contributed by atoms with Crippen molar-refractivity contribution in [3.05, 3.63) is 63.3 Å². The third-order valence-electron chi connectivity index (χ3n) is 4.87. The Kier molecular flexibility index (Phi) is 7.03. The number of nitrogens with one attached hydrogen (secondary N) is 1. The van der Waals surface area contributed by atoms with Crippen LogP contribution in [-0.2, 0) is 9.59 Å². The zero-order valence-corrected chi connectivity index (χ0v) is 19.3. The van der Waals surface area contributed by atoms with E-state index in [9.17, 15) is 9.59 Å². The molecule has 3 rings (SSSR count). The van der Waals surface area contributed by atoms with Gasteiger partial charge in [-0.15, -0.1) is 0 Å². The van der Waals surface area contributed by atoms with Gasteiger partial charge in [-0.05, 0) is 50.1 Å². The van der Waals surface area contributed by atoms with Crippen LogP contribution in [0.2, 0.25) is 10.0 Å². The van der Waals surface area contributed by atoms with Crippen molar-refractivity contribution >= 4 is 51.6 Å². The number of pyridine rings is 1. The maximum Gasteiger partial charge on any atom is 0.260 e. The molecule has 0 atom stereocenters. The summed E-state index contributed by atoms with van der Waals surface area (Å²) in [5.41, 5.74) is 3.92. The predicted octanol–water partition coefficient (Wildman–Crippen LogP) is 4.94. The van der Waals surface area contributed by atoms with Crippen molar-refractivity contribution in [3.8, 4) is 5.75 Å². The molecule has 6 nitrogen and oxygen atoms in total. The van der Waals surface area contributed by atoms with Crippen LogP contribution >= 0.6 is 23.2 Å². The van der Waals surface area contributed by atoms with Crippen LogP contribution in [0.4, 0.5) is 5.69 Å². The summed E-state index contributed by atoms with van der Waals surface area (Å²) >= 11 is 12.5. The van der Waals surface area contributed by atoms with Gasteiger partial charge in [0, 0.05) is 23.8 Å². The van der Waals surface area contributed by atoms with E-state index >= 15 is 0 Å².